The summed E-state index contributed by atoms with van der Waals surface area (Å²) < 4.78 is 0. The van der Waals surface area contributed by atoms with Crippen LogP contribution in [0.5, 0.6) is 0 Å². The average Bonchev–Trinajstić information content (AvgIpc) is 2.47. The van der Waals surface area contributed by atoms with Crippen LogP contribution in [0, 0.1) is 0 Å². The van der Waals surface area contributed by atoms with Crippen LogP contribution in [0.25, 0.3) is 0 Å². The van der Waals surface area contributed by atoms with Gasteiger partial charge in [0.05, 0.1) is 10.6 Å². The molecule has 0 atom stereocenters. The highest BCUT2D eigenvalue weighted by molar-refractivity contribution is 6.33. The fourth-order valence-electron chi connectivity index (χ4n) is 1.89. The molecule has 1 aromatic heterocycles. The fourth-order valence-corrected chi connectivity index (χ4v) is 2.15. The molecule has 0 spiro atoms. The van der Waals surface area contributed by atoms with Crippen molar-refractivity contribution < 1.29 is 4.79 Å². The largest absolute Gasteiger partial charge is 0.372 e. The molecule has 0 saturated carbocycles. The highest BCUT2D eigenvalue weighted by Gasteiger charge is 2.09. The van der Waals surface area contributed by atoms with Gasteiger partial charge in [-0.1, -0.05) is 25.4 Å². The van der Waals surface area contributed by atoms with Crippen molar-refractivity contribution in [3.8, 4) is 0 Å². The van der Waals surface area contributed by atoms with E-state index in [-0.39, 0.29) is 5.91 Å². The number of nitrogens with one attached hydrogen (secondary N) is 2. The molecule has 0 saturated heterocycles. The van der Waals surface area contributed by atoms with E-state index in [1.165, 1.54) is 6.20 Å². The first-order valence-electron chi connectivity index (χ1n) is 6.96. The Morgan fingerprint density at radius 1 is 1.40 bits per heavy atom. The average molecular weight is 299 g/mol. The molecule has 0 bridgehead atoms. The van der Waals surface area contributed by atoms with Crippen LogP contribution in [-0.2, 0) is 0 Å². The molecule has 112 valence electrons. The third-order valence-corrected chi connectivity index (χ3v) is 3.46. The molecule has 0 aromatic carbocycles. The van der Waals surface area contributed by atoms with Gasteiger partial charge in [0.2, 0.25) is 0 Å². The van der Waals surface area contributed by atoms with Crippen molar-refractivity contribution in [2.24, 2.45) is 0 Å². The minimum Gasteiger partial charge on any atom is -0.372 e. The van der Waals surface area contributed by atoms with Crippen molar-refractivity contribution in [2.45, 2.75) is 20.3 Å². The van der Waals surface area contributed by atoms with Crippen LogP contribution in [0.3, 0.4) is 0 Å². The van der Waals surface area contributed by atoms with Gasteiger partial charge in [-0.3, -0.25) is 4.79 Å². The highest BCUT2D eigenvalue weighted by Crippen LogP contribution is 2.19. The van der Waals surface area contributed by atoms with E-state index < -0.39 is 0 Å². The SMILES string of the molecule is CCN(CC)CCCNC(=O)c1cnc(NC)c(Cl)c1. The second-order valence-corrected chi connectivity index (χ2v) is 4.85. The first kappa shape index (κ1) is 16.7. The number of pyridine rings is 1. The molecule has 1 rings (SSSR count). The number of anilines is 1. The number of rotatable bonds is 8. The van der Waals surface area contributed by atoms with Crippen molar-refractivity contribution in [3.05, 3.63) is 22.8 Å². The Hall–Kier alpha value is -1.33. The van der Waals surface area contributed by atoms with Gasteiger partial charge in [-0.25, -0.2) is 4.98 Å². The molecular formula is C14H23ClN4O. The summed E-state index contributed by atoms with van der Waals surface area (Å²) in [5.74, 6) is 0.436. The first-order chi connectivity index (χ1) is 9.62. The maximum absolute atomic E-state index is 11.9. The van der Waals surface area contributed by atoms with Gasteiger partial charge in [0, 0.05) is 19.8 Å². The number of amides is 1. The molecule has 20 heavy (non-hydrogen) atoms. The van der Waals surface area contributed by atoms with Gasteiger partial charge in [0.1, 0.15) is 5.82 Å². The topological polar surface area (TPSA) is 57.3 Å². The summed E-state index contributed by atoms with van der Waals surface area (Å²) in [4.78, 5) is 18.4. The minimum absolute atomic E-state index is 0.137. The van der Waals surface area contributed by atoms with Crippen molar-refractivity contribution in [1.82, 2.24) is 15.2 Å². The van der Waals surface area contributed by atoms with Crippen LogP contribution >= 0.6 is 11.6 Å². The van der Waals surface area contributed by atoms with E-state index in [9.17, 15) is 4.79 Å². The van der Waals surface area contributed by atoms with Crippen molar-refractivity contribution in [3.63, 3.8) is 0 Å². The van der Waals surface area contributed by atoms with Crippen LogP contribution in [-0.4, -0.2) is 49.0 Å². The van der Waals surface area contributed by atoms with Crippen LogP contribution in [0.15, 0.2) is 12.3 Å². The maximum Gasteiger partial charge on any atom is 0.252 e. The molecule has 2 N–H and O–H groups in total. The lowest BCUT2D eigenvalue weighted by Crippen LogP contribution is -2.30. The van der Waals surface area contributed by atoms with Gasteiger partial charge in [-0.15, -0.1) is 0 Å². The summed E-state index contributed by atoms with van der Waals surface area (Å²) in [5.41, 5.74) is 0.483. The lowest BCUT2D eigenvalue weighted by atomic mass is 10.2. The number of aromatic nitrogens is 1. The Morgan fingerprint density at radius 3 is 2.65 bits per heavy atom. The summed E-state index contributed by atoms with van der Waals surface area (Å²) in [6.45, 7) is 7.99. The Labute approximate surface area is 125 Å². The van der Waals surface area contributed by atoms with E-state index in [0.29, 0.717) is 22.9 Å². The van der Waals surface area contributed by atoms with Gasteiger partial charge in [0.15, 0.2) is 0 Å². The smallest absolute Gasteiger partial charge is 0.252 e. The number of hydrogen-bond donors (Lipinski definition) is 2. The molecule has 1 amide bonds. The molecule has 1 aromatic rings. The zero-order chi connectivity index (χ0) is 15.0. The first-order valence-corrected chi connectivity index (χ1v) is 7.34. The van der Waals surface area contributed by atoms with E-state index >= 15 is 0 Å². The summed E-state index contributed by atoms with van der Waals surface area (Å²) >= 11 is 6.00. The molecular weight excluding hydrogens is 276 g/mol. The van der Waals surface area contributed by atoms with Gasteiger partial charge in [0.25, 0.3) is 5.91 Å². The summed E-state index contributed by atoms with van der Waals surface area (Å²) in [6.07, 6.45) is 2.46. The molecule has 0 aliphatic rings. The number of carbonyl (C=O) groups is 1. The quantitative estimate of drug-likeness (QED) is 0.723. The number of halogens is 1. The molecule has 0 aliphatic heterocycles. The van der Waals surface area contributed by atoms with Crippen LogP contribution in [0.2, 0.25) is 5.02 Å². The predicted octanol–water partition coefficient (Wildman–Crippen LogP) is 2.24. The molecule has 0 unspecified atom stereocenters. The fraction of sp³-hybridized carbons (Fsp3) is 0.571. The van der Waals surface area contributed by atoms with Crippen LogP contribution in [0.1, 0.15) is 30.6 Å². The van der Waals surface area contributed by atoms with E-state index in [2.05, 4.69) is 34.4 Å². The van der Waals surface area contributed by atoms with E-state index in [1.807, 2.05) is 0 Å². The number of nitrogens with zero attached hydrogens (tertiary/aromatic N) is 2. The number of hydrogen-bond acceptors (Lipinski definition) is 4. The van der Waals surface area contributed by atoms with E-state index in [4.69, 9.17) is 11.6 Å². The maximum atomic E-state index is 11.9. The van der Waals surface area contributed by atoms with E-state index in [1.54, 1.807) is 13.1 Å². The van der Waals surface area contributed by atoms with Gasteiger partial charge in [-0.05, 0) is 32.1 Å². The molecule has 1 heterocycles. The van der Waals surface area contributed by atoms with Crippen LogP contribution in [0.4, 0.5) is 5.82 Å². The summed E-state index contributed by atoms with van der Waals surface area (Å²) in [6, 6.07) is 1.63. The van der Waals surface area contributed by atoms with E-state index in [0.717, 1.165) is 26.1 Å². The third-order valence-electron chi connectivity index (χ3n) is 3.17. The molecule has 0 radical (unpaired) electrons. The summed E-state index contributed by atoms with van der Waals surface area (Å²) in [7, 11) is 1.74. The molecule has 0 fully saturated rings. The molecule has 6 heteroatoms. The molecule has 0 aliphatic carbocycles. The second kappa shape index (κ2) is 8.76. The predicted molar refractivity (Wildman–Crippen MR) is 83.5 cm³/mol. The lowest BCUT2D eigenvalue weighted by Gasteiger charge is -2.17. The Bertz CT molecular complexity index is 435. The third kappa shape index (κ3) is 4.98. The van der Waals surface area contributed by atoms with Crippen molar-refractivity contribution in [1.29, 1.82) is 0 Å². The van der Waals surface area contributed by atoms with Crippen molar-refractivity contribution in [2.75, 3.05) is 38.5 Å². The zero-order valence-electron chi connectivity index (χ0n) is 12.4. The van der Waals surface area contributed by atoms with Gasteiger partial charge < -0.3 is 15.5 Å². The minimum atomic E-state index is -0.137. The number of carbonyl (C=O) groups excluding carboxylic acids is 1. The normalized spacial score (nSPS) is 10.7. The second-order valence-electron chi connectivity index (χ2n) is 4.44. The monoisotopic (exact) mass is 298 g/mol. The zero-order valence-corrected chi connectivity index (χ0v) is 13.1. The Kier molecular flexibility index (Phi) is 7.33. The summed E-state index contributed by atoms with van der Waals surface area (Å²) in [5, 5.41) is 6.19. The van der Waals surface area contributed by atoms with Gasteiger partial charge >= 0.3 is 0 Å². The molecule has 5 nitrogen and oxygen atoms in total. The van der Waals surface area contributed by atoms with Gasteiger partial charge in [-0.2, -0.15) is 0 Å². The van der Waals surface area contributed by atoms with Crippen LogP contribution < -0.4 is 10.6 Å². The Balaban J connectivity index is 2.41. The van der Waals surface area contributed by atoms with Crippen molar-refractivity contribution >= 4 is 23.3 Å². The lowest BCUT2D eigenvalue weighted by molar-refractivity contribution is 0.0951. The standard InChI is InChI=1S/C14H23ClN4O/c1-4-19(5-2)8-6-7-17-14(20)11-9-12(15)13(16-3)18-10-11/h9-10H,4-8H2,1-3H3,(H,16,18)(H,17,20). The Morgan fingerprint density at radius 2 is 2.10 bits per heavy atom. The highest BCUT2D eigenvalue weighted by atomic mass is 35.5.